The van der Waals surface area contributed by atoms with Gasteiger partial charge in [0.25, 0.3) is 0 Å². The van der Waals surface area contributed by atoms with Gasteiger partial charge in [-0.05, 0) is 37.8 Å². The third-order valence-electron chi connectivity index (χ3n) is 3.40. The summed E-state index contributed by atoms with van der Waals surface area (Å²) < 4.78 is 10.9. The van der Waals surface area contributed by atoms with Gasteiger partial charge >= 0.3 is 0 Å². The highest BCUT2D eigenvalue weighted by Crippen LogP contribution is 2.22. The average molecular weight is 260 g/mol. The highest BCUT2D eigenvalue weighted by Gasteiger charge is 2.13. The summed E-state index contributed by atoms with van der Waals surface area (Å²) in [6, 6.07) is 7.62. The number of nitriles is 1. The number of methoxy groups -OCH3 is 1. The molecule has 0 aliphatic carbocycles. The molecule has 1 aromatic rings. The lowest BCUT2D eigenvalue weighted by Gasteiger charge is -2.22. The van der Waals surface area contributed by atoms with Crippen LogP contribution in [0, 0.1) is 11.3 Å². The molecule has 1 aromatic carbocycles. The first-order valence-electron chi connectivity index (χ1n) is 6.77. The lowest BCUT2D eigenvalue weighted by Crippen LogP contribution is -2.22. The van der Waals surface area contributed by atoms with Crippen molar-refractivity contribution in [1.82, 2.24) is 0 Å². The molecule has 1 N–H and O–H groups in total. The van der Waals surface area contributed by atoms with Crippen molar-refractivity contribution in [1.29, 1.82) is 5.26 Å². The predicted octanol–water partition coefficient (Wildman–Crippen LogP) is 2.94. The second-order valence-corrected chi connectivity index (χ2v) is 4.73. The van der Waals surface area contributed by atoms with Gasteiger partial charge in [0.15, 0.2) is 0 Å². The summed E-state index contributed by atoms with van der Waals surface area (Å²) in [5, 5.41) is 12.4. The van der Waals surface area contributed by atoms with Crippen molar-refractivity contribution in [3.63, 3.8) is 0 Å². The fourth-order valence-corrected chi connectivity index (χ4v) is 2.30. The van der Waals surface area contributed by atoms with E-state index in [2.05, 4.69) is 11.4 Å². The van der Waals surface area contributed by atoms with E-state index in [9.17, 15) is 0 Å². The summed E-state index contributed by atoms with van der Waals surface area (Å²) in [6.45, 7) is 1.69. The molecule has 0 aromatic heterocycles. The maximum Gasteiger partial charge on any atom is 0.121 e. The Kier molecular flexibility index (Phi) is 5.05. The molecule has 0 radical (unpaired) electrons. The van der Waals surface area contributed by atoms with Crippen molar-refractivity contribution >= 4 is 5.69 Å². The summed E-state index contributed by atoms with van der Waals surface area (Å²) in [7, 11) is 1.63. The van der Waals surface area contributed by atoms with Crippen LogP contribution in [0.5, 0.6) is 5.75 Å². The first-order valence-corrected chi connectivity index (χ1v) is 6.77. The Morgan fingerprint density at radius 2 is 2.37 bits per heavy atom. The molecule has 2 rings (SSSR count). The Morgan fingerprint density at radius 1 is 1.47 bits per heavy atom. The van der Waals surface area contributed by atoms with Crippen molar-refractivity contribution in [2.45, 2.75) is 31.8 Å². The van der Waals surface area contributed by atoms with Gasteiger partial charge in [0.2, 0.25) is 0 Å². The highest BCUT2D eigenvalue weighted by molar-refractivity contribution is 5.60. The third-order valence-corrected chi connectivity index (χ3v) is 3.40. The van der Waals surface area contributed by atoms with E-state index in [1.807, 2.05) is 6.07 Å². The molecule has 1 fully saturated rings. The fourth-order valence-electron chi connectivity index (χ4n) is 2.30. The van der Waals surface area contributed by atoms with E-state index in [1.54, 1.807) is 19.2 Å². The Morgan fingerprint density at radius 3 is 3.05 bits per heavy atom. The van der Waals surface area contributed by atoms with Crippen LogP contribution in [0.2, 0.25) is 0 Å². The summed E-state index contributed by atoms with van der Waals surface area (Å²) in [5.41, 5.74) is 1.48. The Balaban J connectivity index is 1.89. The number of ether oxygens (including phenoxy) is 2. The van der Waals surface area contributed by atoms with Gasteiger partial charge in [-0.3, -0.25) is 0 Å². The molecule has 4 nitrogen and oxygen atoms in total. The number of nitrogens with one attached hydrogen (secondary N) is 1. The van der Waals surface area contributed by atoms with E-state index in [4.69, 9.17) is 14.7 Å². The molecule has 0 amide bonds. The molecule has 0 saturated carbocycles. The van der Waals surface area contributed by atoms with Gasteiger partial charge in [-0.15, -0.1) is 0 Å². The number of rotatable bonds is 5. The van der Waals surface area contributed by atoms with Gasteiger partial charge in [-0.2, -0.15) is 5.26 Å². The summed E-state index contributed by atoms with van der Waals surface area (Å²) >= 11 is 0. The minimum Gasteiger partial charge on any atom is -0.497 e. The van der Waals surface area contributed by atoms with Crippen molar-refractivity contribution in [3.8, 4) is 11.8 Å². The molecule has 1 atom stereocenters. The Hall–Kier alpha value is -1.73. The smallest absolute Gasteiger partial charge is 0.121 e. The van der Waals surface area contributed by atoms with Gasteiger partial charge in [-0.25, -0.2) is 0 Å². The van der Waals surface area contributed by atoms with Crippen LogP contribution in [-0.2, 0) is 4.74 Å². The van der Waals surface area contributed by atoms with Crippen LogP contribution in [0.1, 0.15) is 31.2 Å². The molecule has 4 heteroatoms. The quantitative estimate of drug-likeness (QED) is 0.884. The third kappa shape index (κ3) is 3.87. The van der Waals surface area contributed by atoms with Gasteiger partial charge in [0, 0.05) is 19.2 Å². The van der Waals surface area contributed by atoms with Crippen LogP contribution < -0.4 is 10.1 Å². The molecule has 1 aliphatic heterocycles. The second-order valence-electron chi connectivity index (χ2n) is 4.73. The van der Waals surface area contributed by atoms with Crippen molar-refractivity contribution in [2.24, 2.45) is 0 Å². The van der Waals surface area contributed by atoms with Crippen molar-refractivity contribution < 1.29 is 9.47 Å². The monoisotopic (exact) mass is 260 g/mol. The molecule has 1 aliphatic rings. The van der Waals surface area contributed by atoms with E-state index in [0.29, 0.717) is 11.7 Å². The van der Waals surface area contributed by atoms with E-state index in [-0.39, 0.29) is 0 Å². The van der Waals surface area contributed by atoms with Crippen LogP contribution in [0.15, 0.2) is 18.2 Å². The van der Waals surface area contributed by atoms with E-state index >= 15 is 0 Å². The van der Waals surface area contributed by atoms with Crippen LogP contribution in [0.25, 0.3) is 0 Å². The standard InChI is InChI=1S/C15H20N2O2/c1-18-14-6-5-12(11-16)15(10-14)17-8-7-13-4-2-3-9-19-13/h5-6,10,13,17H,2-4,7-9H2,1H3. The molecule has 1 saturated heterocycles. The molecule has 1 unspecified atom stereocenters. The van der Waals surface area contributed by atoms with Crippen LogP contribution in [-0.4, -0.2) is 26.4 Å². The topological polar surface area (TPSA) is 54.3 Å². The Bertz CT molecular complexity index is 448. The van der Waals surface area contributed by atoms with Crippen LogP contribution >= 0.6 is 0 Å². The lowest BCUT2D eigenvalue weighted by atomic mass is 10.1. The van der Waals surface area contributed by atoms with Gasteiger partial charge in [-0.1, -0.05) is 0 Å². The fraction of sp³-hybridized carbons (Fsp3) is 0.533. The number of hydrogen-bond acceptors (Lipinski definition) is 4. The first-order chi connectivity index (χ1) is 9.33. The minimum absolute atomic E-state index is 0.359. The molecular formula is C15H20N2O2. The van der Waals surface area contributed by atoms with E-state index < -0.39 is 0 Å². The molecular weight excluding hydrogens is 240 g/mol. The van der Waals surface area contributed by atoms with Crippen LogP contribution in [0.4, 0.5) is 5.69 Å². The summed E-state index contributed by atoms with van der Waals surface area (Å²) in [4.78, 5) is 0. The summed E-state index contributed by atoms with van der Waals surface area (Å²) in [5.74, 6) is 0.760. The number of anilines is 1. The molecule has 1 heterocycles. The molecule has 0 bridgehead atoms. The minimum atomic E-state index is 0.359. The van der Waals surface area contributed by atoms with Gasteiger partial charge in [0.1, 0.15) is 11.8 Å². The molecule has 19 heavy (non-hydrogen) atoms. The number of nitrogens with zero attached hydrogens (tertiary/aromatic N) is 1. The van der Waals surface area contributed by atoms with Crippen molar-refractivity contribution in [3.05, 3.63) is 23.8 Å². The first kappa shape index (κ1) is 13.7. The van der Waals surface area contributed by atoms with Crippen molar-refractivity contribution in [2.75, 3.05) is 25.6 Å². The average Bonchev–Trinajstić information content (AvgIpc) is 2.48. The second kappa shape index (κ2) is 7.01. The predicted molar refractivity (Wildman–Crippen MR) is 74.4 cm³/mol. The maximum absolute atomic E-state index is 9.07. The molecule has 0 spiro atoms. The van der Waals surface area contributed by atoms with Gasteiger partial charge in [0.05, 0.1) is 24.5 Å². The van der Waals surface area contributed by atoms with E-state index in [1.165, 1.54) is 12.8 Å². The zero-order chi connectivity index (χ0) is 13.5. The maximum atomic E-state index is 9.07. The lowest BCUT2D eigenvalue weighted by molar-refractivity contribution is 0.0134. The highest BCUT2D eigenvalue weighted by atomic mass is 16.5. The number of benzene rings is 1. The van der Waals surface area contributed by atoms with Crippen LogP contribution in [0.3, 0.4) is 0 Å². The van der Waals surface area contributed by atoms with E-state index in [0.717, 1.165) is 37.4 Å². The zero-order valence-corrected chi connectivity index (χ0v) is 11.3. The Labute approximate surface area is 114 Å². The molecule has 102 valence electrons. The largest absolute Gasteiger partial charge is 0.497 e. The SMILES string of the molecule is COc1ccc(C#N)c(NCCC2CCCCO2)c1. The normalized spacial score (nSPS) is 18.6. The van der Waals surface area contributed by atoms with Gasteiger partial charge < -0.3 is 14.8 Å². The zero-order valence-electron chi connectivity index (χ0n) is 11.3. The number of hydrogen-bond donors (Lipinski definition) is 1. The summed E-state index contributed by atoms with van der Waals surface area (Å²) in [6.07, 6.45) is 4.91.